The number of hydrogen-bond donors (Lipinski definition) is 1. The average molecular weight is 509 g/mol. The Bertz CT molecular complexity index is 1220. The second-order valence-corrected chi connectivity index (χ2v) is 9.82. The standard InChI is InChI=1S/C23H26ClFN4O4S/c1-6-33-21(30)13-20-26-27-22(28(20)5)16-11-17(24)18(25)12-19(16)29(34(31)32)15-9-7-14(8-10-15)23(2,3)4/h7-12H,6,13H2,1-5H3,(H,31,32). The summed E-state index contributed by atoms with van der Waals surface area (Å²) in [7, 11) is 1.63. The summed E-state index contributed by atoms with van der Waals surface area (Å²) in [6.45, 7) is 8.09. The minimum absolute atomic E-state index is 0.0597. The summed E-state index contributed by atoms with van der Waals surface area (Å²) in [6, 6.07) is 9.46. The van der Waals surface area contributed by atoms with E-state index in [1.165, 1.54) is 10.6 Å². The van der Waals surface area contributed by atoms with Crippen LogP contribution in [0.15, 0.2) is 36.4 Å². The van der Waals surface area contributed by atoms with E-state index >= 15 is 0 Å². The van der Waals surface area contributed by atoms with Crippen molar-refractivity contribution in [1.82, 2.24) is 14.8 Å². The van der Waals surface area contributed by atoms with Crippen LogP contribution in [-0.4, -0.2) is 36.1 Å². The molecule has 0 bridgehead atoms. The lowest BCUT2D eigenvalue weighted by Crippen LogP contribution is -2.21. The zero-order chi connectivity index (χ0) is 25.2. The number of anilines is 2. The number of halogens is 2. The first-order valence-electron chi connectivity index (χ1n) is 10.5. The Morgan fingerprint density at radius 2 is 1.88 bits per heavy atom. The summed E-state index contributed by atoms with van der Waals surface area (Å²) in [4.78, 5) is 11.9. The van der Waals surface area contributed by atoms with Crippen molar-refractivity contribution in [3.05, 3.63) is 58.6 Å². The highest BCUT2D eigenvalue weighted by Gasteiger charge is 2.26. The van der Waals surface area contributed by atoms with E-state index in [0.29, 0.717) is 11.5 Å². The maximum Gasteiger partial charge on any atom is 0.313 e. The van der Waals surface area contributed by atoms with E-state index in [1.807, 2.05) is 12.1 Å². The molecule has 3 rings (SSSR count). The van der Waals surface area contributed by atoms with Gasteiger partial charge in [-0.3, -0.25) is 9.35 Å². The van der Waals surface area contributed by atoms with E-state index in [1.54, 1.807) is 26.1 Å². The van der Waals surface area contributed by atoms with Crippen LogP contribution >= 0.6 is 11.6 Å². The molecule has 8 nitrogen and oxygen atoms in total. The van der Waals surface area contributed by atoms with Crippen molar-refractivity contribution >= 4 is 40.2 Å². The Labute approximate surface area is 205 Å². The zero-order valence-electron chi connectivity index (χ0n) is 19.5. The third-order valence-corrected chi connectivity index (χ3v) is 6.20. The fraction of sp³-hybridized carbons (Fsp3) is 0.348. The third-order valence-electron chi connectivity index (χ3n) is 5.20. The van der Waals surface area contributed by atoms with Gasteiger partial charge in [0.15, 0.2) is 5.82 Å². The van der Waals surface area contributed by atoms with Crippen LogP contribution in [0.2, 0.25) is 5.02 Å². The highest BCUT2D eigenvalue weighted by molar-refractivity contribution is 7.81. The molecule has 1 unspecified atom stereocenters. The molecule has 0 aliphatic carbocycles. The van der Waals surface area contributed by atoms with Crippen LogP contribution < -0.4 is 4.31 Å². The molecule has 0 fully saturated rings. The van der Waals surface area contributed by atoms with Crippen LogP contribution in [0.1, 0.15) is 39.1 Å². The highest BCUT2D eigenvalue weighted by Crippen LogP contribution is 2.39. The Kier molecular flexibility index (Phi) is 7.74. The van der Waals surface area contributed by atoms with E-state index < -0.39 is 23.1 Å². The van der Waals surface area contributed by atoms with Crippen molar-refractivity contribution in [2.75, 3.05) is 10.9 Å². The number of carbonyl (C=O) groups excluding carboxylic acids is 1. The summed E-state index contributed by atoms with van der Waals surface area (Å²) in [5.41, 5.74) is 1.60. The SMILES string of the molecule is CCOC(=O)Cc1nnc(-c2cc(Cl)c(F)cc2N(c2ccc(C(C)(C)C)cc2)S(=O)O)n1C. The predicted octanol–water partition coefficient (Wildman–Crippen LogP) is 4.95. The zero-order valence-corrected chi connectivity index (χ0v) is 21.1. The summed E-state index contributed by atoms with van der Waals surface area (Å²) >= 11 is 3.51. The van der Waals surface area contributed by atoms with Crippen molar-refractivity contribution in [2.45, 2.75) is 39.5 Å². The first kappa shape index (κ1) is 25.8. The van der Waals surface area contributed by atoms with Crippen molar-refractivity contribution in [2.24, 2.45) is 7.05 Å². The number of rotatable bonds is 7. The number of hydrogen-bond acceptors (Lipinski definition) is 5. The lowest BCUT2D eigenvalue weighted by molar-refractivity contribution is -0.142. The first-order chi connectivity index (χ1) is 15.9. The van der Waals surface area contributed by atoms with Gasteiger partial charge in [-0.15, -0.1) is 10.2 Å². The molecule has 0 aliphatic heterocycles. The molecule has 0 saturated carbocycles. The van der Waals surface area contributed by atoms with Crippen LogP contribution in [0.4, 0.5) is 15.8 Å². The minimum atomic E-state index is -2.55. The summed E-state index contributed by atoms with van der Waals surface area (Å²) in [6.07, 6.45) is -0.120. The molecule has 1 heterocycles. The van der Waals surface area contributed by atoms with Gasteiger partial charge in [0, 0.05) is 18.7 Å². The monoisotopic (exact) mass is 508 g/mol. The largest absolute Gasteiger partial charge is 0.466 e. The Morgan fingerprint density at radius 1 is 1.24 bits per heavy atom. The molecule has 1 aromatic heterocycles. The van der Waals surface area contributed by atoms with Crippen LogP contribution in [0.25, 0.3) is 11.4 Å². The molecule has 11 heteroatoms. The molecule has 182 valence electrons. The number of ether oxygens (including phenoxy) is 1. The number of esters is 1. The van der Waals surface area contributed by atoms with Crippen molar-refractivity contribution < 1.29 is 22.7 Å². The van der Waals surface area contributed by atoms with Gasteiger partial charge in [-0.05, 0) is 36.1 Å². The van der Waals surface area contributed by atoms with E-state index in [9.17, 15) is 17.9 Å². The molecular formula is C23H26ClFN4O4S. The normalized spacial score (nSPS) is 12.5. The van der Waals surface area contributed by atoms with Gasteiger partial charge in [0.05, 0.1) is 23.0 Å². The molecular weight excluding hydrogens is 483 g/mol. The van der Waals surface area contributed by atoms with Crippen LogP contribution in [-0.2, 0) is 39.7 Å². The second kappa shape index (κ2) is 10.2. The Morgan fingerprint density at radius 3 is 2.44 bits per heavy atom. The number of aromatic nitrogens is 3. The molecule has 1 atom stereocenters. The smallest absolute Gasteiger partial charge is 0.313 e. The molecule has 0 spiro atoms. The van der Waals surface area contributed by atoms with Gasteiger partial charge >= 0.3 is 5.97 Å². The number of nitrogens with zero attached hydrogens (tertiary/aromatic N) is 4. The number of carbonyl (C=O) groups is 1. The molecule has 34 heavy (non-hydrogen) atoms. The summed E-state index contributed by atoms with van der Waals surface area (Å²) in [5.74, 6) is -0.695. The summed E-state index contributed by atoms with van der Waals surface area (Å²) in [5, 5.41) is 7.98. The summed E-state index contributed by atoms with van der Waals surface area (Å²) < 4.78 is 44.7. The van der Waals surface area contributed by atoms with Gasteiger partial charge in [0.25, 0.3) is 11.3 Å². The van der Waals surface area contributed by atoms with Gasteiger partial charge in [-0.2, -0.15) is 0 Å². The van der Waals surface area contributed by atoms with E-state index in [4.69, 9.17) is 16.3 Å². The third kappa shape index (κ3) is 5.45. The maximum absolute atomic E-state index is 14.6. The minimum Gasteiger partial charge on any atom is -0.466 e. The molecule has 0 radical (unpaired) electrons. The van der Waals surface area contributed by atoms with Crippen molar-refractivity contribution in [3.63, 3.8) is 0 Å². The van der Waals surface area contributed by atoms with E-state index in [0.717, 1.165) is 15.9 Å². The molecule has 2 aromatic carbocycles. The molecule has 3 aromatic rings. The Hall–Kier alpha value is -2.82. The van der Waals surface area contributed by atoms with Crippen molar-refractivity contribution in [1.29, 1.82) is 0 Å². The average Bonchev–Trinajstić information content (AvgIpc) is 3.10. The van der Waals surface area contributed by atoms with Crippen LogP contribution in [0.5, 0.6) is 0 Å². The molecule has 0 aliphatic rings. The molecule has 0 saturated heterocycles. The molecule has 0 amide bonds. The second-order valence-electron chi connectivity index (χ2n) is 8.59. The van der Waals surface area contributed by atoms with Gasteiger partial charge in [-0.25, -0.2) is 12.9 Å². The van der Waals surface area contributed by atoms with E-state index in [2.05, 4.69) is 31.0 Å². The Balaban J connectivity index is 2.14. The van der Waals surface area contributed by atoms with Crippen LogP contribution in [0.3, 0.4) is 0 Å². The van der Waals surface area contributed by atoms with E-state index in [-0.39, 0.29) is 40.5 Å². The predicted molar refractivity (Wildman–Crippen MR) is 130 cm³/mol. The lowest BCUT2D eigenvalue weighted by atomic mass is 9.87. The topological polar surface area (TPSA) is 97.6 Å². The lowest BCUT2D eigenvalue weighted by Gasteiger charge is -2.25. The fourth-order valence-corrected chi connectivity index (χ4v) is 4.17. The highest BCUT2D eigenvalue weighted by atomic mass is 35.5. The molecule has 1 N–H and O–H groups in total. The van der Waals surface area contributed by atoms with Crippen LogP contribution in [0, 0.1) is 5.82 Å². The van der Waals surface area contributed by atoms with Gasteiger partial charge in [0.1, 0.15) is 18.1 Å². The maximum atomic E-state index is 14.6. The quantitative estimate of drug-likeness (QED) is 0.358. The first-order valence-corrected chi connectivity index (χ1v) is 11.9. The van der Waals surface area contributed by atoms with Crippen molar-refractivity contribution in [3.8, 4) is 11.4 Å². The van der Waals surface area contributed by atoms with Gasteiger partial charge in [0.2, 0.25) is 0 Å². The number of benzene rings is 2. The fourth-order valence-electron chi connectivity index (χ4n) is 3.38. The van der Waals surface area contributed by atoms with Gasteiger partial charge in [-0.1, -0.05) is 44.5 Å². The van der Waals surface area contributed by atoms with Gasteiger partial charge < -0.3 is 9.30 Å².